The van der Waals surface area contributed by atoms with Gasteiger partial charge in [-0.2, -0.15) is 0 Å². The Labute approximate surface area is 119 Å². The number of fused-ring (bicyclic) bond motifs is 1. The van der Waals surface area contributed by atoms with Crippen molar-refractivity contribution in [2.75, 3.05) is 5.32 Å². The lowest BCUT2D eigenvalue weighted by atomic mass is 10.2. The molecule has 2 N–H and O–H groups in total. The summed E-state index contributed by atoms with van der Waals surface area (Å²) in [7, 11) is 0. The number of aromatic hydroxyl groups is 1. The van der Waals surface area contributed by atoms with Gasteiger partial charge in [0.25, 0.3) is 0 Å². The van der Waals surface area contributed by atoms with Gasteiger partial charge in [-0.3, -0.25) is 4.79 Å². The van der Waals surface area contributed by atoms with Gasteiger partial charge in [0.15, 0.2) is 0 Å². The van der Waals surface area contributed by atoms with Gasteiger partial charge in [0.05, 0.1) is 17.8 Å². The maximum Gasteiger partial charge on any atom is 0.230 e. The molecule has 106 valence electrons. The molecule has 0 fully saturated rings. The summed E-state index contributed by atoms with van der Waals surface area (Å²) in [4.78, 5) is 16.2. The van der Waals surface area contributed by atoms with Crippen LogP contribution in [-0.4, -0.2) is 20.4 Å². The molecule has 0 saturated carbocycles. The quantitative estimate of drug-likeness (QED) is 0.726. The topological polar surface area (TPSA) is 66.6 Å². The fraction of sp³-hybridized carbons (Fsp3) is 0.0667. The highest BCUT2D eigenvalue weighted by atomic mass is 19.1. The minimum absolute atomic E-state index is 0.0292. The third-order valence-electron chi connectivity index (χ3n) is 2.98. The summed E-state index contributed by atoms with van der Waals surface area (Å²) in [6, 6.07) is 9.12. The molecular weight excluding hydrogens is 273 g/mol. The van der Waals surface area contributed by atoms with Gasteiger partial charge in [0.1, 0.15) is 17.2 Å². The Bertz CT molecular complexity index is 781. The van der Waals surface area contributed by atoms with E-state index in [1.54, 1.807) is 6.20 Å². The molecule has 0 aliphatic heterocycles. The third kappa shape index (κ3) is 2.84. The predicted molar refractivity (Wildman–Crippen MR) is 75.6 cm³/mol. The average Bonchev–Trinajstić information content (AvgIpc) is 2.84. The van der Waals surface area contributed by atoms with Gasteiger partial charge < -0.3 is 14.8 Å². The van der Waals surface area contributed by atoms with Crippen molar-refractivity contribution in [2.45, 2.75) is 6.42 Å². The van der Waals surface area contributed by atoms with Crippen molar-refractivity contribution in [3.63, 3.8) is 0 Å². The van der Waals surface area contributed by atoms with E-state index in [0.29, 0.717) is 5.69 Å². The average molecular weight is 285 g/mol. The van der Waals surface area contributed by atoms with Crippen molar-refractivity contribution < 1.29 is 14.3 Å². The summed E-state index contributed by atoms with van der Waals surface area (Å²) in [6.45, 7) is 0. The van der Waals surface area contributed by atoms with E-state index in [4.69, 9.17) is 5.11 Å². The summed E-state index contributed by atoms with van der Waals surface area (Å²) in [5.41, 5.74) is 1.37. The van der Waals surface area contributed by atoms with Gasteiger partial charge in [-0.15, -0.1) is 0 Å². The molecule has 1 aromatic carbocycles. The number of phenolic OH excluding ortho intramolecular Hbond substituents is 1. The van der Waals surface area contributed by atoms with Crippen molar-refractivity contribution in [3.05, 3.63) is 60.3 Å². The molecular formula is C15H12FN3O2. The van der Waals surface area contributed by atoms with Crippen molar-refractivity contribution in [1.82, 2.24) is 9.38 Å². The lowest BCUT2D eigenvalue weighted by molar-refractivity contribution is -0.115. The summed E-state index contributed by atoms with van der Waals surface area (Å²) >= 11 is 0. The molecule has 2 heterocycles. The van der Waals surface area contributed by atoms with E-state index in [0.717, 1.165) is 11.7 Å². The zero-order valence-corrected chi connectivity index (χ0v) is 11.0. The largest absolute Gasteiger partial charge is 0.508 e. The smallest absolute Gasteiger partial charge is 0.230 e. The second-order valence-electron chi connectivity index (χ2n) is 4.59. The van der Waals surface area contributed by atoms with Gasteiger partial charge in [0.2, 0.25) is 5.91 Å². The second-order valence-corrected chi connectivity index (χ2v) is 4.59. The first kappa shape index (κ1) is 13.1. The maximum absolute atomic E-state index is 13.5. The molecule has 0 atom stereocenters. The Balaban J connectivity index is 1.74. The van der Waals surface area contributed by atoms with Crippen LogP contribution in [0.5, 0.6) is 5.75 Å². The number of aromatic nitrogens is 2. The number of hydrogen-bond acceptors (Lipinski definition) is 3. The summed E-state index contributed by atoms with van der Waals surface area (Å²) < 4.78 is 15.3. The van der Waals surface area contributed by atoms with Crippen molar-refractivity contribution >= 4 is 17.2 Å². The molecule has 0 aliphatic rings. The van der Waals surface area contributed by atoms with Crippen molar-refractivity contribution in [1.29, 1.82) is 0 Å². The molecule has 3 aromatic rings. The number of nitrogens with zero attached hydrogens (tertiary/aromatic N) is 2. The van der Waals surface area contributed by atoms with Crippen LogP contribution in [0.4, 0.5) is 10.1 Å². The first-order chi connectivity index (χ1) is 10.1. The van der Waals surface area contributed by atoms with E-state index in [2.05, 4.69) is 10.3 Å². The van der Waals surface area contributed by atoms with Gasteiger partial charge in [-0.1, -0.05) is 6.07 Å². The molecule has 0 saturated heterocycles. The first-order valence-corrected chi connectivity index (χ1v) is 6.33. The number of rotatable bonds is 3. The number of carbonyl (C=O) groups excluding carboxylic acids is 1. The summed E-state index contributed by atoms with van der Waals surface area (Å²) in [5.74, 6) is -1.24. The Morgan fingerprint density at radius 3 is 2.95 bits per heavy atom. The van der Waals surface area contributed by atoms with E-state index >= 15 is 0 Å². The molecule has 6 heteroatoms. The van der Waals surface area contributed by atoms with Crippen LogP contribution in [0.25, 0.3) is 5.65 Å². The van der Waals surface area contributed by atoms with E-state index in [1.807, 2.05) is 28.8 Å². The number of halogens is 1. The van der Waals surface area contributed by atoms with Crippen LogP contribution in [-0.2, 0) is 11.2 Å². The first-order valence-electron chi connectivity index (χ1n) is 6.33. The summed E-state index contributed by atoms with van der Waals surface area (Å²) in [6.07, 6.45) is 3.63. The fourth-order valence-corrected chi connectivity index (χ4v) is 2.04. The zero-order chi connectivity index (χ0) is 14.8. The Hall–Kier alpha value is -2.89. The molecule has 3 rings (SSSR count). The number of phenols is 1. The number of carbonyl (C=O) groups is 1. The molecule has 0 aliphatic carbocycles. The third-order valence-corrected chi connectivity index (χ3v) is 2.98. The van der Waals surface area contributed by atoms with Crippen LogP contribution in [0.15, 0.2) is 48.8 Å². The number of imidazole rings is 1. The number of benzene rings is 1. The normalized spacial score (nSPS) is 10.7. The van der Waals surface area contributed by atoms with E-state index in [1.165, 1.54) is 12.1 Å². The zero-order valence-electron chi connectivity index (χ0n) is 11.0. The maximum atomic E-state index is 13.5. The molecule has 0 bridgehead atoms. The van der Waals surface area contributed by atoms with Gasteiger partial charge in [0, 0.05) is 18.5 Å². The lowest BCUT2D eigenvalue weighted by Gasteiger charge is -2.05. The number of anilines is 1. The number of nitrogens with one attached hydrogen (secondary N) is 1. The molecule has 0 radical (unpaired) electrons. The van der Waals surface area contributed by atoms with Crippen molar-refractivity contribution in [3.8, 4) is 5.75 Å². The Kier molecular flexibility index (Phi) is 3.27. The SMILES string of the molecule is O=C(Cc1cn2ccccc2n1)Nc1ccc(O)cc1F. The highest BCUT2D eigenvalue weighted by molar-refractivity contribution is 5.92. The molecule has 5 nitrogen and oxygen atoms in total. The number of pyridine rings is 1. The van der Waals surface area contributed by atoms with Crippen molar-refractivity contribution in [2.24, 2.45) is 0 Å². The van der Waals surface area contributed by atoms with E-state index in [-0.39, 0.29) is 23.8 Å². The van der Waals surface area contributed by atoms with Crippen LogP contribution in [0.3, 0.4) is 0 Å². The molecule has 1 amide bonds. The minimum Gasteiger partial charge on any atom is -0.508 e. The minimum atomic E-state index is -0.682. The van der Waals surface area contributed by atoms with E-state index < -0.39 is 5.82 Å². The van der Waals surface area contributed by atoms with Crippen LogP contribution < -0.4 is 5.32 Å². The highest BCUT2D eigenvalue weighted by Gasteiger charge is 2.10. The molecule has 21 heavy (non-hydrogen) atoms. The standard InChI is InChI=1S/C15H12FN3O2/c16-12-8-11(20)4-5-13(12)18-15(21)7-10-9-19-6-2-1-3-14(19)17-10/h1-6,8-9,20H,7H2,(H,18,21). The lowest BCUT2D eigenvalue weighted by Crippen LogP contribution is -2.15. The van der Waals surface area contributed by atoms with Gasteiger partial charge in [-0.05, 0) is 24.3 Å². The van der Waals surface area contributed by atoms with Gasteiger partial charge >= 0.3 is 0 Å². The Morgan fingerprint density at radius 1 is 1.33 bits per heavy atom. The highest BCUT2D eigenvalue weighted by Crippen LogP contribution is 2.19. The van der Waals surface area contributed by atoms with Crippen LogP contribution in [0, 0.1) is 5.82 Å². The molecule has 0 spiro atoms. The number of amides is 1. The monoisotopic (exact) mass is 285 g/mol. The second kappa shape index (κ2) is 5.24. The molecule has 2 aromatic heterocycles. The fourth-order valence-electron chi connectivity index (χ4n) is 2.04. The van der Waals surface area contributed by atoms with Crippen LogP contribution >= 0.6 is 0 Å². The predicted octanol–water partition coefficient (Wildman–Crippen LogP) is 2.36. The van der Waals surface area contributed by atoms with Crippen LogP contribution in [0.2, 0.25) is 0 Å². The Morgan fingerprint density at radius 2 is 2.19 bits per heavy atom. The number of hydrogen-bond donors (Lipinski definition) is 2. The summed E-state index contributed by atoms with van der Waals surface area (Å²) in [5, 5.41) is 11.6. The van der Waals surface area contributed by atoms with Gasteiger partial charge in [-0.25, -0.2) is 9.37 Å². The van der Waals surface area contributed by atoms with Crippen LogP contribution in [0.1, 0.15) is 5.69 Å². The molecule has 0 unspecified atom stereocenters. The van der Waals surface area contributed by atoms with E-state index in [9.17, 15) is 9.18 Å².